The summed E-state index contributed by atoms with van der Waals surface area (Å²) in [6.45, 7) is 1.90. The van der Waals surface area contributed by atoms with Gasteiger partial charge in [-0.2, -0.15) is 13.2 Å². The second-order valence-electron chi connectivity index (χ2n) is 7.77. The number of benzene rings is 2. The fourth-order valence-electron chi connectivity index (χ4n) is 3.60. The van der Waals surface area contributed by atoms with E-state index in [1.165, 1.54) is 12.3 Å². The van der Waals surface area contributed by atoms with Crippen molar-refractivity contribution in [3.05, 3.63) is 99.8 Å². The molecular weight excluding hydrogens is 451 g/mol. The average molecular weight is 476 g/mol. The summed E-state index contributed by atoms with van der Waals surface area (Å²) < 4.78 is 38.5. The highest BCUT2D eigenvalue weighted by atomic mass is 35.5. The number of rotatable bonds is 8. The Morgan fingerprint density at radius 1 is 1.06 bits per heavy atom. The summed E-state index contributed by atoms with van der Waals surface area (Å²) in [5.74, 6) is -0.187. The summed E-state index contributed by atoms with van der Waals surface area (Å²) in [5, 5.41) is 6.76. The lowest BCUT2D eigenvalue weighted by Crippen LogP contribution is -2.38. The maximum atomic E-state index is 12.8. The Morgan fingerprint density at radius 3 is 2.36 bits per heavy atom. The molecule has 33 heavy (non-hydrogen) atoms. The Labute approximate surface area is 196 Å². The molecule has 0 aliphatic rings. The maximum Gasteiger partial charge on any atom is 0.433 e. The van der Waals surface area contributed by atoms with E-state index in [2.05, 4.69) is 15.6 Å². The molecule has 0 unspecified atom stereocenters. The molecule has 1 heterocycles. The number of carbonyl (C=O) groups is 1. The first-order chi connectivity index (χ1) is 15.7. The largest absolute Gasteiger partial charge is 0.433 e. The molecule has 0 aliphatic carbocycles. The first-order valence-electron chi connectivity index (χ1n) is 10.5. The number of halogens is 4. The van der Waals surface area contributed by atoms with Gasteiger partial charge in [0.05, 0.1) is 0 Å². The Hall–Kier alpha value is -2.90. The zero-order valence-electron chi connectivity index (χ0n) is 18.3. The summed E-state index contributed by atoms with van der Waals surface area (Å²) in [4.78, 5) is 16.2. The minimum absolute atomic E-state index is 0.187. The van der Waals surface area contributed by atoms with Crippen molar-refractivity contribution in [3.8, 4) is 0 Å². The van der Waals surface area contributed by atoms with E-state index < -0.39 is 17.9 Å². The molecule has 2 N–H and O–H groups in total. The molecule has 3 rings (SSSR count). The van der Waals surface area contributed by atoms with Gasteiger partial charge in [0.1, 0.15) is 11.7 Å². The highest BCUT2D eigenvalue weighted by Gasteiger charge is 2.32. The molecule has 4 nitrogen and oxygen atoms in total. The molecule has 174 valence electrons. The van der Waals surface area contributed by atoms with Gasteiger partial charge in [0.2, 0.25) is 5.91 Å². The van der Waals surface area contributed by atoms with Crippen molar-refractivity contribution in [1.29, 1.82) is 0 Å². The van der Waals surface area contributed by atoms with Crippen LogP contribution in [0.15, 0.2) is 66.9 Å². The number of alkyl halides is 3. The minimum Gasteiger partial charge on any atom is -0.358 e. The number of nitrogens with zero attached hydrogens (tertiary/aromatic N) is 1. The van der Waals surface area contributed by atoms with Gasteiger partial charge in [-0.1, -0.05) is 60.1 Å². The molecule has 1 aromatic heterocycles. The highest BCUT2D eigenvalue weighted by Crippen LogP contribution is 2.29. The molecule has 2 atom stereocenters. The number of amides is 1. The van der Waals surface area contributed by atoms with E-state index in [4.69, 9.17) is 11.6 Å². The van der Waals surface area contributed by atoms with Crippen molar-refractivity contribution >= 4 is 17.5 Å². The molecule has 0 spiro atoms. The second kappa shape index (κ2) is 10.8. The highest BCUT2D eigenvalue weighted by molar-refractivity contribution is 6.31. The quantitative estimate of drug-likeness (QED) is 0.432. The lowest BCUT2D eigenvalue weighted by atomic mass is 9.95. The SMILES string of the molecule is CNC(=O)[C@@H](N[C@H](CCc1ccc(C(F)(F)F)nc1)c1ccc(Cl)c(C)c1)c1ccccc1. The number of pyridine rings is 1. The summed E-state index contributed by atoms with van der Waals surface area (Å²) in [7, 11) is 1.58. The molecule has 3 aromatic rings. The minimum atomic E-state index is -4.47. The molecule has 0 radical (unpaired) electrons. The Balaban J connectivity index is 1.87. The fourth-order valence-corrected chi connectivity index (χ4v) is 3.71. The van der Waals surface area contributed by atoms with Crippen LogP contribution < -0.4 is 10.6 Å². The van der Waals surface area contributed by atoms with Gasteiger partial charge in [-0.3, -0.25) is 15.1 Å². The lowest BCUT2D eigenvalue weighted by molar-refractivity contribution is -0.141. The number of carbonyl (C=O) groups excluding carboxylic acids is 1. The Kier molecular flexibility index (Phi) is 8.10. The van der Waals surface area contributed by atoms with Crippen LogP contribution >= 0.6 is 11.6 Å². The third-order valence-corrected chi connectivity index (χ3v) is 5.85. The van der Waals surface area contributed by atoms with Crippen LogP contribution in [0.2, 0.25) is 5.02 Å². The van der Waals surface area contributed by atoms with Crippen LogP contribution in [-0.4, -0.2) is 17.9 Å². The molecule has 0 aliphatic heterocycles. The molecule has 1 amide bonds. The van der Waals surface area contributed by atoms with Crippen LogP contribution in [0.1, 0.15) is 46.5 Å². The average Bonchev–Trinajstić information content (AvgIpc) is 2.81. The van der Waals surface area contributed by atoms with Gasteiger partial charge >= 0.3 is 6.18 Å². The van der Waals surface area contributed by atoms with Gasteiger partial charge < -0.3 is 5.32 Å². The van der Waals surface area contributed by atoms with Crippen LogP contribution in [-0.2, 0) is 17.4 Å². The predicted octanol–water partition coefficient (Wildman–Crippen LogP) is 5.81. The lowest BCUT2D eigenvalue weighted by Gasteiger charge is -2.26. The third-order valence-electron chi connectivity index (χ3n) is 5.43. The van der Waals surface area contributed by atoms with Gasteiger partial charge in [-0.05, 0) is 54.2 Å². The Morgan fingerprint density at radius 2 is 1.79 bits per heavy atom. The number of hydrogen-bond donors (Lipinski definition) is 2. The van der Waals surface area contributed by atoms with Crippen LogP contribution in [0.4, 0.5) is 13.2 Å². The van der Waals surface area contributed by atoms with E-state index in [1.807, 2.05) is 49.4 Å². The molecule has 8 heteroatoms. The Bertz CT molecular complexity index is 1070. The van der Waals surface area contributed by atoms with E-state index in [1.54, 1.807) is 13.1 Å². The van der Waals surface area contributed by atoms with Crippen molar-refractivity contribution in [3.63, 3.8) is 0 Å². The van der Waals surface area contributed by atoms with Gasteiger partial charge in [0.15, 0.2) is 0 Å². The van der Waals surface area contributed by atoms with Gasteiger partial charge in [0, 0.05) is 24.3 Å². The monoisotopic (exact) mass is 475 g/mol. The van der Waals surface area contributed by atoms with Crippen molar-refractivity contribution in [1.82, 2.24) is 15.6 Å². The topological polar surface area (TPSA) is 54.0 Å². The predicted molar refractivity (Wildman–Crippen MR) is 123 cm³/mol. The third kappa shape index (κ3) is 6.55. The number of nitrogens with one attached hydrogen (secondary N) is 2. The molecule has 0 bridgehead atoms. The van der Waals surface area contributed by atoms with Crippen molar-refractivity contribution in [2.45, 2.75) is 38.0 Å². The normalized spacial score (nSPS) is 13.4. The molecule has 0 saturated heterocycles. The number of aryl methyl sites for hydroxylation is 2. The molecule has 0 saturated carbocycles. The van der Waals surface area contributed by atoms with Crippen LogP contribution in [0.3, 0.4) is 0 Å². The number of hydrogen-bond acceptors (Lipinski definition) is 3. The van der Waals surface area contributed by atoms with Crippen molar-refractivity contribution < 1.29 is 18.0 Å². The van der Waals surface area contributed by atoms with E-state index >= 15 is 0 Å². The molecule has 0 fully saturated rings. The fraction of sp³-hybridized carbons (Fsp3) is 0.280. The summed E-state index contributed by atoms with van der Waals surface area (Å²) in [6.07, 6.45) is -2.21. The van der Waals surface area contributed by atoms with Crippen molar-refractivity contribution in [2.75, 3.05) is 7.05 Å². The van der Waals surface area contributed by atoms with Crippen molar-refractivity contribution in [2.24, 2.45) is 0 Å². The second-order valence-corrected chi connectivity index (χ2v) is 8.18. The summed E-state index contributed by atoms with van der Waals surface area (Å²) >= 11 is 6.20. The standard InChI is InChI=1S/C25H25ClF3N3O/c1-16-14-19(10-11-20(16)26)21(12-8-17-9-13-22(31-15-17)25(27,28)29)32-23(24(33)30-2)18-6-4-3-5-7-18/h3-7,9-11,13-15,21,23,32H,8,12H2,1-2H3,(H,30,33)/t21-,23+/m1/s1. The zero-order chi connectivity index (χ0) is 24.0. The van der Waals surface area contributed by atoms with Gasteiger partial charge in [0.25, 0.3) is 0 Å². The van der Waals surface area contributed by atoms with Crippen LogP contribution in [0.25, 0.3) is 0 Å². The number of aromatic nitrogens is 1. The van der Waals surface area contributed by atoms with E-state index in [9.17, 15) is 18.0 Å². The number of likely N-dealkylation sites (N-methyl/N-ethyl adjacent to an activating group) is 1. The van der Waals surface area contributed by atoms with E-state index in [0.717, 1.165) is 22.8 Å². The van der Waals surface area contributed by atoms with Crippen LogP contribution in [0, 0.1) is 6.92 Å². The smallest absolute Gasteiger partial charge is 0.358 e. The van der Waals surface area contributed by atoms with E-state index in [0.29, 0.717) is 23.4 Å². The molecule has 2 aromatic carbocycles. The first-order valence-corrected chi connectivity index (χ1v) is 10.9. The van der Waals surface area contributed by atoms with Gasteiger partial charge in [-0.15, -0.1) is 0 Å². The zero-order valence-corrected chi connectivity index (χ0v) is 19.0. The van der Waals surface area contributed by atoms with E-state index in [-0.39, 0.29) is 11.9 Å². The van der Waals surface area contributed by atoms with Crippen LogP contribution in [0.5, 0.6) is 0 Å². The summed E-state index contributed by atoms with van der Waals surface area (Å²) in [6, 6.07) is 16.6. The first kappa shape index (κ1) is 24.7. The molecular formula is C25H25ClF3N3O. The van der Waals surface area contributed by atoms with Gasteiger partial charge in [-0.25, -0.2) is 0 Å². The maximum absolute atomic E-state index is 12.8. The summed E-state index contributed by atoms with van der Waals surface area (Å²) in [5.41, 5.74) is 2.40.